The smallest absolute Gasteiger partial charge is 0.244 e. The van der Waals surface area contributed by atoms with Crippen molar-refractivity contribution < 1.29 is 4.79 Å². The van der Waals surface area contributed by atoms with Crippen LogP contribution in [0.15, 0.2) is 48.5 Å². The maximum atomic E-state index is 12.2. The quantitative estimate of drug-likeness (QED) is 0.802. The number of amides is 1. The number of hydrogen-bond acceptors (Lipinski definition) is 2. The monoisotopic (exact) mass is 299 g/mol. The fourth-order valence-corrected chi connectivity index (χ4v) is 2.48. The summed E-state index contributed by atoms with van der Waals surface area (Å²) in [7, 11) is 0. The number of hydrogen-bond donors (Lipinski definition) is 1. The number of imidazole rings is 1. The molecule has 0 saturated carbocycles. The number of nitrogens with zero attached hydrogens (tertiary/aromatic N) is 2. The van der Waals surface area contributed by atoms with Crippen LogP contribution in [-0.2, 0) is 11.3 Å². The van der Waals surface area contributed by atoms with Crippen LogP contribution in [0.25, 0.3) is 11.0 Å². The van der Waals surface area contributed by atoms with Gasteiger partial charge in [0.15, 0.2) is 0 Å². The molecule has 0 atom stereocenters. The van der Waals surface area contributed by atoms with Gasteiger partial charge in [0.05, 0.1) is 11.0 Å². The molecule has 5 heteroatoms. The van der Waals surface area contributed by atoms with Crippen LogP contribution in [0, 0.1) is 6.92 Å². The summed E-state index contributed by atoms with van der Waals surface area (Å²) in [5.41, 5.74) is 3.46. The Kier molecular flexibility index (Phi) is 3.62. The van der Waals surface area contributed by atoms with Gasteiger partial charge < -0.3 is 9.88 Å². The number of carbonyl (C=O) groups excluding carboxylic acids is 1. The van der Waals surface area contributed by atoms with Gasteiger partial charge in [-0.3, -0.25) is 4.79 Å². The van der Waals surface area contributed by atoms with Gasteiger partial charge in [-0.05, 0) is 42.3 Å². The molecule has 1 N–H and O–H groups in total. The minimum absolute atomic E-state index is 0.130. The van der Waals surface area contributed by atoms with Gasteiger partial charge in [-0.1, -0.05) is 30.3 Å². The van der Waals surface area contributed by atoms with Crippen molar-refractivity contribution >= 4 is 34.2 Å². The van der Waals surface area contributed by atoms with E-state index in [1.165, 1.54) is 0 Å². The highest BCUT2D eigenvalue weighted by molar-refractivity contribution is 6.29. The summed E-state index contributed by atoms with van der Waals surface area (Å²) >= 11 is 6.12. The number of anilines is 1. The second kappa shape index (κ2) is 5.58. The lowest BCUT2D eigenvalue weighted by atomic mass is 10.2. The minimum Gasteiger partial charge on any atom is -0.324 e. The summed E-state index contributed by atoms with van der Waals surface area (Å²) in [6, 6.07) is 15.2. The molecule has 0 aliphatic heterocycles. The molecule has 21 heavy (non-hydrogen) atoms. The molecule has 106 valence electrons. The summed E-state index contributed by atoms with van der Waals surface area (Å²) < 4.78 is 1.70. The van der Waals surface area contributed by atoms with Crippen molar-refractivity contribution in [3.05, 3.63) is 59.4 Å². The first kappa shape index (κ1) is 13.6. The number of aromatic nitrogens is 2. The second-order valence-corrected chi connectivity index (χ2v) is 5.16. The zero-order valence-electron chi connectivity index (χ0n) is 11.5. The van der Waals surface area contributed by atoms with E-state index in [4.69, 9.17) is 11.6 Å². The van der Waals surface area contributed by atoms with E-state index in [0.717, 1.165) is 22.3 Å². The van der Waals surface area contributed by atoms with Crippen LogP contribution in [0.1, 0.15) is 5.56 Å². The molecule has 4 nitrogen and oxygen atoms in total. The number of para-hydroxylation sites is 3. The molecule has 0 unspecified atom stereocenters. The SMILES string of the molecule is Cc1ccccc1NC(=O)Cn1c(Cl)nc2ccccc21. The molecular weight excluding hydrogens is 286 g/mol. The topological polar surface area (TPSA) is 46.9 Å². The second-order valence-electron chi connectivity index (χ2n) is 4.82. The van der Waals surface area contributed by atoms with Gasteiger partial charge in [0.1, 0.15) is 6.54 Å². The molecule has 0 aliphatic carbocycles. The molecule has 2 aromatic carbocycles. The average Bonchev–Trinajstić information content (AvgIpc) is 2.78. The van der Waals surface area contributed by atoms with E-state index in [0.29, 0.717) is 5.28 Å². The maximum absolute atomic E-state index is 12.2. The number of carbonyl (C=O) groups is 1. The Balaban J connectivity index is 1.84. The van der Waals surface area contributed by atoms with Crippen molar-refractivity contribution in [3.8, 4) is 0 Å². The van der Waals surface area contributed by atoms with Gasteiger partial charge in [0, 0.05) is 5.69 Å². The molecule has 1 aromatic heterocycles. The Hall–Kier alpha value is -2.33. The molecule has 0 saturated heterocycles. The average molecular weight is 300 g/mol. The molecule has 0 fully saturated rings. The third-order valence-corrected chi connectivity index (χ3v) is 3.62. The lowest BCUT2D eigenvalue weighted by molar-refractivity contribution is -0.116. The van der Waals surface area contributed by atoms with E-state index < -0.39 is 0 Å². The van der Waals surface area contributed by atoms with Crippen LogP contribution in [0.5, 0.6) is 0 Å². The van der Waals surface area contributed by atoms with Crippen molar-refractivity contribution in [2.45, 2.75) is 13.5 Å². The normalized spacial score (nSPS) is 10.8. The first-order valence-electron chi connectivity index (χ1n) is 6.61. The fraction of sp³-hybridized carbons (Fsp3) is 0.125. The van der Waals surface area contributed by atoms with Crippen LogP contribution in [-0.4, -0.2) is 15.5 Å². The lowest BCUT2D eigenvalue weighted by Crippen LogP contribution is -2.19. The number of aryl methyl sites for hydroxylation is 1. The molecule has 0 bridgehead atoms. The summed E-state index contributed by atoms with van der Waals surface area (Å²) in [5, 5.41) is 3.21. The zero-order chi connectivity index (χ0) is 14.8. The zero-order valence-corrected chi connectivity index (χ0v) is 12.3. The third-order valence-electron chi connectivity index (χ3n) is 3.33. The van der Waals surface area contributed by atoms with Crippen molar-refractivity contribution in [2.75, 3.05) is 5.32 Å². The molecular formula is C16H14ClN3O. The van der Waals surface area contributed by atoms with Crippen LogP contribution in [0.2, 0.25) is 5.28 Å². The van der Waals surface area contributed by atoms with Gasteiger partial charge in [-0.15, -0.1) is 0 Å². The molecule has 3 rings (SSSR count). The number of fused-ring (bicyclic) bond motifs is 1. The summed E-state index contributed by atoms with van der Waals surface area (Å²) in [6.45, 7) is 2.09. The number of rotatable bonds is 3. The Bertz CT molecular complexity index is 810. The standard InChI is InChI=1S/C16H14ClN3O/c1-11-6-2-3-7-12(11)18-15(21)10-20-14-9-5-4-8-13(14)19-16(20)17/h2-9H,10H2,1H3,(H,18,21). The first-order chi connectivity index (χ1) is 10.1. The predicted molar refractivity (Wildman–Crippen MR) is 84.6 cm³/mol. The van der Waals surface area contributed by atoms with Crippen LogP contribution in [0.4, 0.5) is 5.69 Å². The number of halogens is 1. The molecule has 3 aromatic rings. The number of nitrogens with one attached hydrogen (secondary N) is 1. The molecule has 1 heterocycles. The molecule has 0 radical (unpaired) electrons. The van der Waals surface area contributed by atoms with Crippen LogP contribution < -0.4 is 5.32 Å². The van der Waals surface area contributed by atoms with E-state index in [1.807, 2.05) is 55.5 Å². The van der Waals surface area contributed by atoms with Gasteiger partial charge in [0.25, 0.3) is 0 Å². The summed E-state index contributed by atoms with van der Waals surface area (Å²) in [6.07, 6.45) is 0. The Morgan fingerprint density at radius 1 is 1.19 bits per heavy atom. The van der Waals surface area contributed by atoms with E-state index in [1.54, 1.807) is 4.57 Å². The van der Waals surface area contributed by atoms with E-state index in [-0.39, 0.29) is 12.5 Å². The predicted octanol–water partition coefficient (Wildman–Crippen LogP) is 3.64. The maximum Gasteiger partial charge on any atom is 0.244 e. The van der Waals surface area contributed by atoms with Crippen molar-refractivity contribution in [1.82, 2.24) is 9.55 Å². The summed E-state index contributed by atoms with van der Waals surface area (Å²) in [5.74, 6) is -0.130. The molecule has 1 amide bonds. The summed E-state index contributed by atoms with van der Waals surface area (Å²) in [4.78, 5) is 16.4. The Morgan fingerprint density at radius 3 is 2.71 bits per heavy atom. The van der Waals surface area contributed by atoms with E-state index in [2.05, 4.69) is 10.3 Å². The highest BCUT2D eigenvalue weighted by atomic mass is 35.5. The van der Waals surface area contributed by atoms with Crippen LogP contribution >= 0.6 is 11.6 Å². The van der Waals surface area contributed by atoms with Crippen molar-refractivity contribution in [3.63, 3.8) is 0 Å². The Morgan fingerprint density at radius 2 is 1.90 bits per heavy atom. The van der Waals surface area contributed by atoms with Crippen molar-refractivity contribution in [1.29, 1.82) is 0 Å². The van der Waals surface area contributed by atoms with Gasteiger partial charge in [-0.2, -0.15) is 0 Å². The minimum atomic E-state index is -0.130. The highest BCUT2D eigenvalue weighted by Gasteiger charge is 2.12. The fourth-order valence-electron chi connectivity index (χ4n) is 2.24. The Labute approximate surface area is 127 Å². The molecule has 0 spiro atoms. The lowest BCUT2D eigenvalue weighted by Gasteiger charge is -2.09. The number of benzene rings is 2. The van der Waals surface area contributed by atoms with Gasteiger partial charge in [0.2, 0.25) is 11.2 Å². The van der Waals surface area contributed by atoms with E-state index in [9.17, 15) is 4.79 Å². The third kappa shape index (κ3) is 2.76. The van der Waals surface area contributed by atoms with Crippen LogP contribution in [0.3, 0.4) is 0 Å². The highest BCUT2D eigenvalue weighted by Crippen LogP contribution is 2.20. The van der Waals surface area contributed by atoms with Crippen molar-refractivity contribution in [2.24, 2.45) is 0 Å². The largest absolute Gasteiger partial charge is 0.324 e. The first-order valence-corrected chi connectivity index (χ1v) is 6.99. The van der Waals surface area contributed by atoms with E-state index >= 15 is 0 Å². The molecule has 0 aliphatic rings. The van der Waals surface area contributed by atoms with Gasteiger partial charge in [-0.25, -0.2) is 4.98 Å². The van der Waals surface area contributed by atoms with Gasteiger partial charge >= 0.3 is 0 Å².